The predicted molar refractivity (Wildman–Crippen MR) is 78.1 cm³/mol. The highest BCUT2D eigenvalue weighted by Gasteiger charge is 2.18. The van der Waals surface area contributed by atoms with E-state index in [-0.39, 0.29) is 12.5 Å². The first-order valence-corrected chi connectivity index (χ1v) is 6.47. The Morgan fingerprint density at radius 1 is 1.15 bits per heavy atom. The Morgan fingerprint density at radius 2 is 1.95 bits per heavy atom. The highest BCUT2D eigenvalue weighted by atomic mass is 35.5. The molecule has 4 nitrogen and oxygen atoms in total. The number of rotatable bonds is 1. The molecule has 1 aliphatic rings. The summed E-state index contributed by atoms with van der Waals surface area (Å²) in [5, 5.41) is 7.44. The van der Waals surface area contributed by atoms with E-state index in [1.165, 1.54) is 0 Å². The second kappa shape index (κ2) is 5.35. The van der Waals surface area contributed by atoms with Crippen LogP contribution in [-0.2, 0) is 9.63 Å². The Hall–Kier alpha value is -2.33. The van der Waals surface area contributed by atoms with E-state index in [1.54, 1.807) is 18.2 Å². The molecule has 5 heteroatoms. The summed E-state index contributed by atoms with van der Waals surface area (Å²) in [5.41, 5.74) is 2.94. The number of hydrogen-bond acceptors (Lipinski definition) is 3. The van der Waals surface area contributed by atoms with Gasteiger partial charge in [0.1, 0.15) is 5.71 Å². The van der Waals surface area contributed by atoms with Crippen LogP contribution in [0, 0.1) is 0 Å². The van der Waals surface area contributed by atoms with Crippen LogP contribution in [0.25, 0.3) is 0 Å². The topological polar surface area (TPSA) is 50.7 Å². The highest BCUT2D eigenvalue weighted by molar-refractivity contribution is 6.31. The Kier molecular flexibility index (Phi) is 3.39. The van der Waals surface area contributed by atoms with E-state index in [0.29, 0.717) is 16.4 Å². The quantitative estimate of drug-likeness (QED) is 0.876. The molecule has 100 valence electrons. The zero-order valence-electron chi connectivity index (χ0n) is 10.5. The number of carbonyl (C=O) groups excluding carboxylic acids is 1. The van der Waals surface area contributed by atoms with E-state index in [1.807, 2.05) is 30.3 Å². The van der Waals surface area contributed by atoms with Gasteiger partial charge in [0.25, 0.3) is 5.91 Å². The molecule has 20 heavy (non-hydrogen) atoms. The maximum absolute atomic E-state index is 11.6. The Labute approximate surface area is 121 Å². The molecule has 0 radical (unpaired) electrons. The molecule has 0 aromatic heterocycles. The van der Waals surface area contributed by atoms with Crippen LogP contribution in [0.1, 0.15) is 11.1 Å². The molecule has 0 unspecified atom stereocenters. The van der Waals surface area contributed by atoms with Crippen molar-refractivity contribution in [1.29, 1.82) is 0 Å². The van der Waals surface area contributed by atoms with Gasteiger partial charge in [-0.3, -0.25) is 4.79 Å². The van der Waals surface area contributed by atoms with Crippen molar-refractivity contribution in [3.05, 3.63) is 64.7 Å². The fraction of sp³-hybridized carbons (Fsp3) is 0.0667. The van der Waals surface area contributed by atoms with Gasteiger partial charge in [0.05, 0.1) is 5.69 Å². The van der Waals surface area contributed by atoms with Crippen molar-refractivity contribution in [3.8, 4) is 0 Å². The average molecular weight is 287 g/mol. The second-order valence-electron chi connectivity index (χ2n) is 4.32. The number of oxime groups is 1. The summed E-state index contributed by atoms with van der Waals surface area (Å²) in [6.07, 6.45) is 0. The van der Waals surface area contributed by atoms with Gasteiger partial charge < -0.3 is 10.2 Å². The molecule has 0 spiro atoms. The fourth-order valence-corrected chi connectivity index (χ4v) is 2.19. The molecule has 0 saturated carbocycles. The summed E-state index contributed by atoms with van der Waals surface area (Å²) in [6, 6.07) is 14.9. The summed E-state index contributed by atoms with van der Waals surface area (Å²) in [6.45, 7) is -0.113. The van der Waals surface area contributed by atoms with Crippen LogP contribution in [0.4, 0.5) is 5.69 Å². The number of carbonyl (C=O) groups is 1. The summed E-state index contributed by atoms with van der Waals surface area (Å²) in [5.74, 6) is -0.246. The van der Waals surface area contributed by atoms with Crippen molar-refractivity contribution >= 4 is 28.9 Å². The third-order valence-corrected chi connectivity index (χ3v) is 3.14. The smallest absolute Gasteiger partial charge is 0.265 e. The molecular weight excluding hydrogens is 276 g/mol. The van der Waals surface area contributed by atoms with Gasteiger partial charge in [-0.25, -0.2) is 0 Å². The van der Waals surface area contributed by atoms with E-state index in [9.17, 15) is 4.79 Å². The minimum Gasteiger partial charge on any atom is -0.385 e. The zero-order chi connectivity index (χ0) is 13.9. The van der Waals surface area contributed by atoms with Crippen LogP contribution >= 0.6 is 11.6 Å². The normalized spacial score (nSPS) is 14.2. The van der Waals surface area contributed by atoms with Crippen LogP contribution < -0.4 is 5.32 Å². The van der Waals surface area contributed by atoms with Crippen LogP contribution in [0.3, 0.4) is 0 Å². The largest absolute Gasteiger partial charge is 0.385 e. The minimum absolute atomic E-state index is 0.113. The van der Waals surface area contributed by atoms with Crippen molar-refractivity contribution < 1.29 is 9.63 Å². The number of benzene rings is 2. The first-order chi connectivity index (χ1) is 9.74. The molecule has 0 fully saturated rings. The van der Waals surface area contributed by atoms with Crippen molar-refractivity contribution in [3.63, 3.8) is 0 Å². The Bertz CT molecular complexity index is 684. The van der Waals surface area contributed by atoms with E-state index >= 15 is 0 Å². The monoisotopic (exact) mass is 286 g/mol. The first kappa shape index (κ1) is 12.7. The summed E-state index contributed by atoms with van der Waals surface area (Å²) in [4.78, 5) is 16.7. The van der Waals surface area contributed by atoms with Crippen molar-refractivity contribution in [2.24, 2.45) is 5.16 Å². The average Bonchev–Trinajstić information content (AvgIpc) is 2.45. The predicted octanol–water partition coefficient (Wildman–Crippen LogP) is 3.06. The number of hydrogen-bond donors (Lipinski definition) is 1. The molecule has 0 aliphatic carbocycles. The third-order valence-electron chi connectivity index (χ3n) is 2.91. The molecule has 1 N–H and O–H groups in total. The first-order valence-electron chi connectivity index (χ1n) is 6.09. The molecule has 0 saturated heterocycles. The van der Waals surface area contributed by atoms with Gasteiger partial charge in [-0.05, 0) is 18.2 Å². The molecule has 1 aliphatic heterocycles. The van der Waals surface area contributed by atoms with E-state index in [0.717, 1.165) is 11.1 Å². The molecule has 1 amide bonds. The van der Waals surface area contributed by atoms with Gasteiger partial charge in [-0.2, -0.15) is 0 Å². The maximum atomic E-state index is 11.6. The van der Waals surface area contributed by atoms with E-state index < -0.39 is 0 Å². The van der Waals surface area contributed by atoms with E-state index in [4.69, 9.17) is 16.4 Å². The molecule has 0 bridgehead atoms. The van der Waals surface area contributed by atoms with Crippen molar-refractivity contribution in [2.45, 2.75) is 0 Å². The zero-order valence-corrected chi connectivity index (χ0v) is 11.2. The molecule has 3 rings (SSSR count). The lowest BCUT2D eigenvalue weighted by atomic mass is 10.0. The van der Waals surface area contributed by atoms with Gasteiger partial charge in [-0.1, -0.05) is 47.1 Å². The van der Waals surface area contributed by atoms with Crippen LogP contribution in [0.2, 0.25) is 5.02 Å². The molecular formula is C15H11ClN2O2. The Balaban J connectivity index is 2.17. The van der Waals surface area contributed by atoms with Gasteiger partial charge in [0.15, 0.2) is 6.61 Å². The standard InChI is InChI=1S/C15H11ClN2O2/c16-11-6-7-13-12(8-11)15(10-4-2-1-3-5-10)18-20-9-14(19)17-13/h1-8H,9H2,(H,17,19). The molecule has 2 aromatic rings. The summed E-state index contributed by atoms with van der Waals surface area (Å²) in [7, 11) is 0. The number of halogens is 1. The third kappa shape index (κ3) is 2.51. The SMILES string of the molecule is O=C1CON=C(c2ccccc2)c2cc(Cl)ccc2N1. The number of anilines is 1. The fourth-order valence-electron chi connectivity index (χ4n) is 2.02. The molecule has 0 atom stereocenters. The van der Waals surface area contributed by atoms with Gasteiger partial charge in [0.2, 0.25) is 0 Å². The number of fused-ring (bicyclic) bond motifs is 1. The molecule has 2 aromatic carbocycles. The molecule has 1 heterocycles. The Morgan fingerprint density at radius 3 is 2.75 bits per heavy atom. The minimum atomic E-state index is -0.246. The van der Waals surface area contributed by atoms with Gasteiger partial charge in [0, 0.05) is 16.1 Å². The highest BCUT2D eigenvalue weighted by Crippen LogP contribution is 2.25. The number of nitrogens with one attached hydrogen (secondary N) is 1. The summed E-state index contributed by atoms with van der Waals surface area (Å²) >= 11 is 6.05. The number of nitrogens with zero attached hydrogens (tertiary/aromatic N) is 1. The van der Waals surface area contributed by atoms with Crippen molar-refractivity contribution in [1.82, 2.24) is 0 Å². The second-order valence-corrected chi connectivity index (χ2v) is 4.75. The van der Waals surface area contributed by atoms with Crippen molar-refractivity contribution in [2.75, 3.05) is 11.9 Å². The summed E-state index contributed by atoms with van der Waals surface area (Å²) < 4.78 is 0. The number of amides is 1. The van der Waals surface area contributed by atoms with Gasteiger partial charge in [-0.15, -0.1) is 0 Å². The van der Waals surface area contributed by atoms with Crippen LogP contribution in [0.5, 0.6) is 0 Å². The lowest BCUT2D eigenvalue weighted by molar-refractivity contribution is -0.120. The van der Waals surface area contributed by atoms with Crippen LogP contribution in [-0.4, -0.2) is 18.2 Å². The van der Waals surface area contributed by atoms with Crippen LogP contribution in [0.15, 0.2) is 53.7 Å². The lowest BCUT2D eigenvalue weighted by Crippen LogP contribution is -2.22. The maximum Gasteiger partial charge on any atom is 0.265 e. The lowest BCUT2D eigenvalue weighted by Gasteiger charge is -2.16. The van der Waals surface area contributed by atoms with Gasteiger partial charge >= 0.3 is 0 Å². The van der Waals surface area contributed by atoms with E-state index in [2.05, 4.69) is 10.5 Å².